The van der Waals surface area contributed by atoms with Gasteiger partial charge in [-0.15, -0.1) is 0 Å². The Morgan fingerprint density at radius 1 is 1.21 bits per heavy atom. The van der Waals surface area contributed by atoms with Gasteiger partial charge in [-0.3, -0.25) is 0 Å². The van der Waals surface area contributed by atoms with Gasteiger partial charge in [0, 0.05) is 26.2 Å². The highest BCUT2D eigenvalue weighted by Crippen LogP contribution is 2.31. The van der Waals surface area contributed by atoms with Gasteiger partial charge < -0.3 is 15.0 Å². The summed E-state index contributed by atoms with van der Waals surface area (Å²) in [7, 11) is 1.73. The predicted molar refractivity (Wildman–Crippen MR) is 96.2 cm³/mol. The van der Waals surface area contributed by atoms with Gasteiger partial charge in [-0.2, -0.15) is 5.26 Å². The third kappa shape index (κ3) is 3.87. The van der Waals surface area contributed by atoms with Crippen molar-refractivity contribution in [2.45, 2.75) is 13.0 Å². The fourth-order valence-electron chi connectivity index (χ4n) is 3.23. The van der Waals surface area contributed by atoms with E-state index in [9.17, 15) is 0 Å². The summed E-state index contributed by atoms with van der Waals surface area (Å²) < 4.78 is 5.47. The van der Waals surface area contributed by atoms with E-state index >= 15 is 0 Å². The summed E-state index contributed by atoms with van der Waals surface area (Å²) in [4.78, 5) is 2.41. The van der Waals surface area contributed by atoms with Crippen molar-refractivity contribution < 1.29 is 4.74 Å². The van der Waals surface area contributed by atoms with Crippen LogP contribution in [0.2, 0.25) is 0 Å². The van der Waals surface area contributed by atoms with Gasteiger partial charge in [0.25, 0.3) is 0 Å². The van der Waals surface area contributed by atoms with Crippen LogP contribution in [0.15, 0.2) is 48.5 Å². The summed E-state index contributed by atoms with van der Waals surface area (Å²) >= 11 is 0. The Labute approximate surface area is 143 Å². The zero-order valence-electron chi connectivity index (χ0n) is 14.0. The van der Waals surface area contributed by atoms with Crippen molar-refractivity contribution in [2.24, 2.45) is 5.92 Å². The molecule has 0 bridgehead atoms. The Kier molecular flexibility index (Phi) is 5.35. The van der Waals surface area contributed by atoms with Gasteiger partial charge in [0.05, 0.1) is 24.4 Å². The summed E-state index contributed by atoms with van der Waals surface area (Å²) in [5.41, 5.74) is 3.12. The molecule has 1 N–H and O–H groups in total. The van der Waals surface area contributed by atoms with Gasteiger partial charge in [0.15, 0.2) is 0 Å². The van der Waals surface area contributed by atoms with Crippen LogP contribution < -0.4 is 15.0 Å². The van der Waals surface area contributed by atoms with Crippen LogP contribution in [0.1, 0.15) is 17.5 Å². The molecule has 1 atom stereocenters. The topological polar surface area (TPSA) is 48.3 Å². The molecule has 2 aromatic rings. The highest BCUT2D eigenvalue weighted by Gasteiger charge is 2.24. The lowest BCUT2D eigenvalue weighted by molar-refractivity contribution is 0.414. The van der Waals surface area contributed by atoms with Crippen molar-refractivity contribution in [3.8, 4) is 11.8 Å². The molecule has 124 valence electrons. The maximum atomic E-state index is 8.83. The summed E-state index contributed by atoms with van der Waals surface area (Å²) in [6, 6.07) is 18.1. The molecule has 1 aliphatic heterocycles. The molecule has 4 nitrogen and oxygen atoms in total. The van der Waals surface area contributed by atoms with Crippen LogP contribution in [-0.4, -0.2) is 26.7 Å². The molecule has 0 aliphatic carbocycles. The lowest BCUT2D eigenvalue weighted by atomic mass is 10.1. The zero-order valence-corrected chi connectivity index (χ0v) is 14.0. The molecule has 0 unspecified atom stereocenters. The van der Waals surface area contributed by atoms with Crippen LogP contribution in [0, 0.1) is 17.2 Å². The van der Waals surface area contributed by atoms with Crippen molar-refractivity contribution in [1.29, 1.82) is 5.26 Å². The molecule has 0 saturated carbocycles. The Morgan fingerprint density at radius 2 is 2.00 bits per heavy atom. The maximum Gasteiger partial charge on any atom is 0.142 e. The molecular weight excluding hydrogens is 298 g/mol. The highest BCUT2D eigenvalue weighted by molar-refractivity contribution is 5.59. The first-order valence-electron chi connectivity index (χ1n) is 8.38. The fraction of sp³-hybridized carbons (Fsp3) is 0.350. The number of methoxy groups -OCH3 is 1. The Morgan fingerprint density at radius 3 is 2.75 bits per heavy atom. The molecule has 1 fully saturated rings. The summed E-state index contributed by atoms with van der Waals surface area (Å²) in [5.74, 6) is 1.59. The molecule has 1 saturated heterocycles. The van der Waals surface area contributed by atoms with E-state index in [4.69, 9.17) is 10.00 Å². The monoisotopic (exact) mass is 321 g/mol. The Balaban J connectivity index is 1.48. The standard InChI is InChI=1S/C20H23N3O/c1-24-20-5-3-2-4-19(20)23-11-10-18(15-23)14-22-13-17-8-6-16(12-21)7-9-17/h2-9,18,22H,10-11,13-15H2,1H3/t18-/m1/s1. The van der Waals surface area contributed by atoms with Crippen molar-refractivity contribution in [3.63, 3.8) is 0 Å². The van der Waals surface area contributed by atoms with E-state index in [0.29, 0.717) is 11.5 Å². The van der Waals surface area contributed by atoms with E-state index in [-0.39, 0.29) is 0 Å². The summed E-state index contributed by atoms with van der Waals surface area (Å²) in [5, 5.41) is 12.4. The number of rotatable bonds is 6. The smallest absolute Gasteiger partial charge is 0.142 e. The molecule has 0 radical (unpaired) electrons. The van der Waals surface area contributed by atoms with Crippen LogP contribution in [-0.2, 0) is 6.54 Å². The van der Waals surface area contributed by atoms with Crippen LogP contribution in [0.4, 0.5) is 5.69 Å². The average Bonchev–Trinajstić information content (AvgIpc) is 3.11. The van der Waals surface area contributed by atoms with Crippen LogP contribution in [0.3, 0.4) is 0 Å². The molecule has 1 aliphatic rings. The normalized spacial score (nSPS) is 16.8. The van der Waals surface area contributed by atoms with Gasteiger partial charge in [0.2, 0.25) is 0 Å². The van der Waals surface area contributed by atoms with Gasteiger partial charge in [-0.1, -0.05) is 24.3 Å². The molecule has 3 rings (SSSR count). The van der Waals surface area contributed by atoms with E-state index in [1.165, 1.54) is 17.7 Å². The van der Waals surface area contributed by atoms with E-state index in [1.807, 2.05) is 36.4 Å². The van der Waals surface area contributed by atoms with Gasteiger partial charge in [-0.25, -0.2) is 0 Å². The number of para-hydroxylation sites is 2. The maximum absolute atomic E-state index is 8.83. The molecule has 2 aromatic carbocycles. The zero-order chi connectivity index (χ0) is 16.8. The van der Waals surface area contributed by atoms with Crippen LogP contribution >= 0.6 is 0 Å². The van der Waals surface area contributed by atoms with Crippen molar-refractivity contribution in [2.75, 3.05) is 31.6 Å². The number of hydrogen-bond acceptors (Lipinski definition) is 4. The molecule has 4 heteroatoms. The second kappa shape index (κ2) is 7.85. The number of nitriles is 1. The third-order valence-corrected chi connectivity index (χ3v) is 4.56. The SMILES string of the molecule is COc1ccccc1N1CC[C@H](CNCc2ccc(C#N)cc2)C1. The lowest BCUT2D eigenvalue weighted by Gasteiger charge is -2.21. The van der Waals surface area contributed by atoms with E-state index in [1.54, 1.807) is 7.11 Å². The van der Waals surface area contributed by atoms with Crippen LogP contribution in [0.25, 0.3) is 0 Å². The molecule has 0 spiro atoms. The summed E-state index contributed by atoms with van der Waals surface area (Å²) in [6.45, 7) is 3.98. The van der Waals surface area contributed by atoms with Gasteiger partial charge in [-0.05, 0) is 42.2 Å². The minimum Gasteiger partial charge on any atom is -0.495 e. The van der Waals surface area contributed by atoms with Gasteiger partial charge in [0.1, 0.15) is 5.75 Å². The van der Waals surface area contributed by atoms with E-state index < -0.39 is 0 Å². The highest BCUT2D eigenvalue weighted by atomic mass is 16.5. The molecule has 0 amide bonds. The number of nitrogens with one attached hydrogen (secondary N) is 1. The minimum absolute atomic E-state index is 0.647. The number of anilines is 1. The fourth-order valence-corrected chi connectivity index (χ4v) is 3.23. The van der Waals surface area contributed by atoms with Crippen LogP contribution in [0.5, 0.6) is 5.75 Å². The Hall–Kier alpha value is -2.51. The number of benzene rings is 2. The average molecular weight is 321 g/mol. The predicted octanol–water partition coefficient (Wildman–Crippen LogP) is 3.18. The molecule has 0 aromatic heterocycles. The van der Waals surface area contributed by atoms with Crippen molar-refractivity contribution >= 4 is 5.69 Å². The minimum atomic E-state index is 0.647. The second-order valence-corrected chi connectivity index (χ2v) is 6.21. The molecular formula is C20H23N3O. The second-order valence-electron chi connectivity index (χ2n) is 6.21. The summed E-state index contributed by atoms with van der Waals surface area (Å²) in [6.07, 6.45) is 1.19. The number of nitrogens with zero attached hydrogens (tertiary/aromatic N) is 2. The van der Waals surface area contributed by atoms with Crippen molar-refractivity contribution in [1.82, 2.24) is 5.32 Å². The first-order chi connectivity index (χ1) is 11.8. The Bertz CT molecular complexity index is 706. The number of ether oxygens (including phenoxy) is 1. The van der Waals surface area contributed by atoms with E-state index in [0.717, 1.165) is 31.9 Å². The quantitative estimate of drug-likeness (QED) is 0.888. The number of hydrogen-bond donors (Lipinski definition) is 1. The largest absolute Gasteiger partial charge is 0.495 e. The molecule has 1 heterocycles. The third-order valence-electron chi connectivity index (χ3n) is 4.56. The molecule has 24 heavy (non-hydrogen) atoms. The van der Waals surface area contributed by atoms with Gasteiger partial charge >= 0.3 is 0 Å². The van der Waals surface area contributed by atoms with E-state index in [2.05, 4.69) is 28.4 Å². The van der Waals surface area contributed by atoms with Crippen molar-refractivity contribution in [3.05, 3.63) is 59.7 Å². The first kappa shape index (κ1) is 16.4. The first-order valence-corrected chi connectivity index (χ1v) is 8.38. The lowest BCUT2D eigenvalue weighted by Crippen LogP contribution is -2.26.